The third-order valence-electron chi connectivity index (χ3n) is 7.46. The van der Waals surface area contributed by atoms with E-state index in [1.165, 1.54) is 19.3 Å². The van der Waals surface area contributed by atoms with Crippen molar-refractivity contribution in [3.05, 3.63) is 52.3 Å². The van der Waals surface area contributed by atoms with E-state index in [1.807, 2.05) is 53.3 Å². The number of carbonyl (C=O) groups is 2. The van der Waals surface area contributed by atoms with Gasteiger partial charge < -0.3 is 19.5 Å². The van der Waals surface area contributed by atoms with Crippen LogP contribution < -0.4 is 10.1 Å². The van der Waals surface area contributed by atoms with Crippen LogP contribution in [0.5, 0.6) is 5.75 Å². The van der Waals surface area contributed by atoms with Crippen LogP contribution in [0.1, 0.15) is 67.2 Å². The van der Waals surface area contributed by atoms with Crippen LogP contribution in [-0.4, -0.2) is 40.0 Å². The van der Waals surface area contributed by atoms with Crippen molar-refractivity contribution in [1.29, 1.82) is 0 Å². The Kier molecular flexibility index (Phi) is 6.38. The molecule has 3 heterocycles. The Labute approximate surface area is 204 Å². The van der Waals surface area contributed by atoms with Crippen molar-refractivity contribution in [2.45, 2.75) is 76.5 Å². The molecule has 180 valence electrons. The van der Waals surface area contributed by atoms with Crippen LogP contribution in [0.2, 0.25) is 0 Å². The maximum absolute atomic E-state index is 13.9. The van der Waals surface area contributed by atoms with Crippen LogP contribution >= 0.6 is 11.3 Å². The van der Waals surface area contributed by atoms with Gasteiger partial charge in [0.1, 0.15) is 17.0 Å². The Morgan fingerprint density at radius 1 is 1.15 bits per heavy atom. The molecule has 1 aromatic carbocycles. The van der Waals surface area contributed by atoms with Gasteiger partial charge >= 0.3 is 0 Å². The zero-order chi connectivity index (χ0) is 23.7. The molecule has 1 N–H and O–H groups in total. The first-order valence-electron chi connectivity index (χ1n) is 12.3. The normalized spacial score (nSPS) is 21.7. The van der Waals surface area contributed by atoms with Crippen LogP contribution in [0.3, 0.4) is 0 Å². The number of nitrogens with one attached hydrogen (secondary N) is 1. The lowest BCUT2D eigenvalue weighted by Gasteiger charge is -2.44. The van der Waals surface area contributed by atoms with Crippen molar-refractivity contribution in [2.24, 2.45) is 0 Å². The second-order valence-electron chi connectivity index (χ2n) is 9.80. The SMILES string of the molecule is COc1ccc2cc3n(c2c1)C[C@@](C)(C(=O)NC1CCCCCCC1)N(Cc1cccs1)C3=O. The summed E-state index contributed by atoms with van der Waals surface area (Å²) in [5.41, 5.74) is 0.547. The minimum Gasteiger partial charge on any atom is -0.497 e. The molecule has 2 aliphatic rings. The predicted octanol–water partition coefficient (Wildman–Crippen LogP) is 5.36. The second kappa shape index (κ2) is 9.45. The summed E-state index contributed by atoms with van der Waals surface area (Å²) in [6.07, 6.45) is 8.05. The maximum Gasteiger partial charge on any atom is 0.271 e. The number of hydrogen-bond donors (Lipinski definition) is 1. The van der Waals surface area contributed by atoms with Gasteiger partial charge in [0.05, 0.1) is 25.7 Å². The van der Waals surface area contributed by atoms with Crippen molar-refractivity contribution >= 4 is 34.1 Å². The van der Waals surface area contributed by atoms with Crippen LogP contribution in [-0.2, 0) is 17.9 Å². The average Bonchev–Trinajstić information content (AvgIpc) is 3.46. The molecule has 5 rings (SSSR count). The minimum atomic E-state index is -0.995. The predicted molar refractivity (Wildman–Crippen MR) is 135 cm³/mol. The van der Waals surface area contributed by atoms with Crippen molar-refractivity contribution in [3.63, 3.8) is 0 Å². The van der Waals surface area contributed by atoms with E-state index in [4.69, 9.17) is 4.74 Å². The summed E-state index contributed by atoms with van der Waals surface area (Å²) in [5.74, 6) is 0.575. The number of ether oxygens (including phenoxy) is 1. The molecule has 0 radical (unpaired) electrons. The van der Waals surface area contributed by atoms with Crippen LogP contribution in [0, 0.1) is 0 Å². The summed E-state index contributed by atoms with van der Waals surface area (Å²) in [7, 11) is 1.64. The molecule has 0 unspecified atom stereocenters. The molecule has 2 aromatic heterocycles. The van der Waals surface area contributed by atoms with Crippen LogP contribution in [0.15, 0.2) is 41.8 Å². The third kappa shape index (κ3) is 4.22. The Bertz CT molecular complexity index is 1180. The number of hydrogen-bond acceptors (Lipinski definition) is 4. The van der Waals surface area contributed by atoms with Crippen molar-refractivity contribution in [2.75, 3.05) is 7.11 Å². The van der Waals surface area contributed by atoms with Gasteiger partial charge in [0, 0.05) is 22.4 Å². The molecule has 0 bridgehead atoms. The Morgan fingerprint density at radius 2 is 1.91 bits per heavy atom. The number of fused-ring (bicyclic) bond motifs is 3. The van der Waals surface area contributed by atoms with E-state index in [0.29, 0.717) is 18.8 Å². The first kappa shape index (κ1) is 23.0. The fourth-order valence-electron chi connectivity index (χ4n) is 5.40. The van der Waals surface area contributed by atoms with Crippen LogP contribution in [0.4, 0.5) is 0 Å². The van der Waals surface area contributed by atoms with Gasteiger partial charge in [-0.2, -0.15) is 0 Å². The first-order valence-corrected chi connectivity index (χ1v) is 13.2. The molecule has 1 aliphatic carbocycles. The van der Waals surface area contributed by atoms with Gasteiger partial charge in [0.2, 0.25) is 5.91 Å². The molecule has 6 nitrogen and oxygen atoms in total. The third-order valence-corrected chi connectivity index (χ3v) is 8.32. The average molecular weight is 480 g/mol. The Morgan fingerprint density at radius 3 is 2.62 bits per heavy atom. The largest absolute Gasteiger partial charge is 0.497 e. The lowest BCUT2D eigenvalue weighted by atomic mass is 9.92. The van der Waals surface area contributed by atoms with Gasteiger partial charge in [-0.3, -0.25) is 9.59 Å². The first-order chi connectivity index (χ1) is 16.5. The molecule has 34 heavy (non-hydrogen) atoms. The second-order valence-corrected chi connectivity index (χ2v) is 10.8. The highest BCUT2D eigenvalue weighted by Crippen LogP contribution is 2.35. The summed E-state index contributed by atoms with van der Waals surface area (Å²) < 4.78 is 7.44. The summed E-state index contributed by atoms with van der Waals surface area (Å²) >= 11 is 1.61. The highest BCUT2D eigenvalue weighted by molar-refractivity contribution is 7.09. The summed E-state index contributed by atoms with van der Waals surface area (Å²) in [6, 6.07) is 12.0. The molecule has 0 spiro atoms. The molecular formula is C27H33N3O3S. The zero-order valence-electron chi connectivity index (χ0n) is 20.0. The quantitative estimate of drug-likeness (QED) is 0.536. The number of benzene rings is 1. The summed E-state index contributed by atoms with van der Waals surface area (Å²) in [4.78, 5) is 30.7. The number of amides is 2. The highest BCUT2D eigenvalue weighted by atomic mass is 32.1. The molecule has 1 saturated carbocycles. The van der Waals surface area contributed by atoms with Gasteiger partial charge in [-0.1, -0.05) is 38.2 Å². The summed E-state index contributed by atoms with van der Waals surface area (Å²) in [6.45, 7) is 2.76. The van der Waals surface area contributed by atoms with E-state index in [0.717, 1.165) is 47.2 Å². The molecule has 3 aromatic rings. The van der Waals surface area contributed by atoms with Crippen molar-refractivity contribution < 1.29 is 14.3 Å². The topological polar surface area (TPSA) is 63.6 Å². The lowest BCUT2D eigenvalue weighted by molar-refractivity contribution is -0.134. The van der Waals surface area contributed by atoms with Crippen LogP contribution in [0.25, 0.3) is 10.9 Å². The van der Waals surface area contributed by atoms with Gasteiger partial charge in [-0.05, 0) is 49.4 Å². The number of carbonyl (C=O) groups excluding carboxylic acids is 2. The Balaban J connectivity index is 1.52. The smallest absolute Gasteiger partial charge is 0.271 e. The fraction of sp³-hybridized carbons (Fsp3) is 0.481. The van der Waals surface area contributed by atoms with Gasteiger partial charge in [-0.15, -0.1) is 11.3 Å². The maximum atomic E-state index is 13.9. The standard InChI is InChI=1S/C27H33N3O3S/c1-27(26(32)28-20-9-6-4-3-5-7-10-20)18-29-23-16-21(33-2)13-12-19(23)15-24(29)25(31)30(27)17-22-11-8-14-34-22/h8,11-16,20H,3-7,9-10,17-18H2,1-2H3,(H,28,32)/t27-/m0/s1. The van der Waals surface area contributed by atoms with Gasteiger partial charge in [0.15, 0.2) is 0 Å². The van der Waals surface area contributed by atoms with E-state index in [2.05, 4.69) is 5.32 Å². The zero-order valence-corrected chi connectivity index (χ0v) is 20.8. The summed E-state index contributed by atoms with van der Waals surface area (Å²) in [5, 5.41) is 6.34. The Hall–Kier alpha value is -2.80. The monoisotopic (exact) mass is 479 g/mol. The molecule has 1 aliphatic heterocycles. The van der Waals surface area contributed by atoms with Gasteiger partial charge in [0.25, 0.3) is 5.91 Å². The van der Waals surface area contributed by atoms with E-state index in [9.17, 15) is 9.59 Å². The number of nitrogens with zero attached hydrogens (tertiary/aromatic N) is 2. The molecule has 7 heteroatoms. The molecule has 1 atom stereocenters. The van der Waals surface area contributed by atoms with Gasteiger partial charge in [-0.25, -0.2) is 0 Å². The number of aromatic nitrogens is 1. The molecule has 2 amide bonds. The lowest BCUT2D eigenvalue weighted by Crippen LogP contribution is -2.64. The van der Waals surface area contributed by atoms with Crippen molar-refractivity contribution in [3.8, 4) is 5.75 Å². The van der Waals surface area contributed by atoms with Crippen molar-refractivity contribution in [1.82, 2.24) is 14.8 Å². The fourth-order valence-corrected chi connectivity index (χ4v) is 6.10. The number of methoxy groups -OCH3 is 1. The van der Waals surface area contributed by atoms with E-state index < -0.39 is 5.54 Å². The minimum absolute atomic E-state index is 0.0571. The van der Waals surface area contributed by atoms with E-state index >= 15 is 0 Å². The highest BCUT2D eigenvalue weighted by Gasteiger charge is 2.48. The molecule has 0 saturated heterocycles. The number of thiophene rings is 1. The van der Waals surface area contributed by atoms with E-state index in [1.54, 1.807) is 23.3 Å². The van der Waals surface area contributed by atoms with E-state index in [-0.39, 0.29) is 17.9 Å². The molecule has 1 fully saturated rings. The number of rotatable bonds is 5. The molecular weight excluding hydrogens is 446 g/mol.